The van der Waals surface area contributed by atoms with E-state index in [1.807, 2.05) is 18.8 Å². The summed E-state index contributed by atoms with van der Waals surface area (Å²) in [6.07, 6.45) is 12.1. The zero-order chi connectivity index (χ0) is 15.5. The highest BCUT2D eigenvalue weighted by atomic mass is 32.2. The van der Waals surface area contributed by atoms with Gasteiger partial charge in [0.1, 0.15) is 0 Å². The number of anilines is 1. The van der Waals surface area contributed by atoms with Gasteiger partial charge in [0.2, 0.25) is 0 Å². The Morgan fingerprint density at radius 3 is 2.59 bits per heavy atom. The van der Waals surface area contributed by atoms with Gasteiger partial charge in [-0.3, -0.25) is 0 Å². The second-order valence-corrected chi connectivity index (χ2v) is 7.19. The van der Waals surface area contributed by atoms with Gasteiger partial charge < -0.3 is 10.6 Å². The zero-order valence-electron chi connectivity index (χ0n) is 13.8. The second kappa shape index (κ2) is 6.93. The number of likely N-dealkylation sites (N-methyl/N-ethyl adjacent to an activating group) is 1. The SMILES string of the molecule is CNC1C=C(c2cc(SC)ccc2NC2CCCC2)C=C1C. The van der Waals surface area contributed by atoms with Gasteiger partial charge in [-0.1, -0.05) is 30.6 Å². The number of nitrogens with one attached hydrogen (secondary N) is 2. The van der Waals surface area contributed by atoms with E-state index in [1.54, 1.807) is 0 Å². The molecule has 2 aliphatic rings. The first-order chi connectivity index (χ1) is 10.7. The van der Waals surface area contributed by atoms with E-state index in [-0.39, 0.29) is 0 Å². The van der Waals surface area contributed by atoms with Gasteiger partial charge in [-0.05, 0) is 56.8 Å². The topological polar surface area (TPSA) is 24.1 Å². The fraction of sp³-hybridized carbons (Fsp3) is 0.474. The summed E-state index contributed by atoms with van der Waals surface area (Å²) >= 11 is 1.81. The first-order valence-corrected chi connectivity index (χ1v) is 9.46. The van der Waals surface area contributed by atoms with Crippen LogP contribution in [0.25, 0.3) is 5.57 Å². The summed E-state index contributed by atoms with van der Waals surface area (Å²) in [5, 5.41) is 7.15. The standard InChI is InChI=1S/C19H26N2S/c1-13-10-14(11-19(13)20-2)17-12-16(22-3)8-9-18(17)21-15-6-4-5-7-15/h8-12,15,19-21H,4-7H2,1-3H3. The van der Waals surface area contributed by atoms with Crippen LogP contribution in [0.4, 0.5) is 5.69 Å². The van der Waals surface area contributed by atoms with E-state index in [9.17, 15) is 0 Å². The molecule has 118 valence electrons. The van der Waals surface area contributed by atoms with Gasteiger partial charge in [-0.15, -0.1) is 11.8 Å². The van der Waals surface area contributed by atoms with E-state index in [2.05, 4.69) is 54.2 Å². The van der Waals surface area contributed by atoms with Crippen molar-refractivity contribution in [2.45, 2.75) is 49.6 Å². The van der Waals surface area contributed by atoms with Crippen LogP contribution in [0.15, 0.2) is 40.8 Å². The molecule has 1 fully saturated rings. The lowest BCUT2D eigenvalue weighted by molar-refractivity contribution is 0.755. The minimum absolute atomic E-state index is 0.368. The van der Waals surface area contributed by atoms with Crippen LogP contribution >= 0.6 is 11.8 Å². The molecule has 1 atom stereocenters. The maximum absolute atomic E-state index is 3.79. The third-order valence-corrected chi connectivity index (χ3v) is 5.51. The lowest BCUT2D eigenvalue weighted by Gasteiger charge is -2.18. The number of allylic oxidation sites excluding steroid dienone is 2. The molecule has 0 aromatic heterocycles. The summed E-state index contributed by atoms with van der Waals surface area (Å²) in [6.45, 7) is 2.20. The molecule has 2 nitrogen and oxygen atoms in total. The Morgan fingerprint density at radius 1 is 1.18 bits per heavy atom. The Labute approximate surface area is 138 Å². The Bertz CT molecular complexity index is 597. The zero-order valence-corrected chi connectivity index (χ0v) is 14.6. The van der Waals surface area contributed by atoms with Crippen molar-refractivity contribution in [3.8, 4) is 0 Å². The van der Waals surface area contributed by atoms with Crippen LogP contribution < -0.4 is 10.6 Å². The van der Waals surface area contributed by atoms with Crippen LogP contribution in [0.1, 0.15) is 38.2 Å². The first-order valence-electron chi connectivity index (χ1n) is 8.23. The molecule has 0 bridgehead atoms. The van der Waals surface area contributed by atoms with Crippen molar-refractivity contribution < 1.29 is 0 Å². The van der Waals surface area contributed by atoms with Gasteiger partial charge in [0, 0.05) is 28.2 Å². The quantitative estimate of drug-likeness (QED) is 0.771. The minimum atomic E-state index is 0.368. The molecular weight excluding hydrogens is 288 g/mol. The van der Waals surface area contributed by atoms with Crippen molar-refractivity contribution >= 4 is 23.0 Å². The Hall–Kier alpha value is -1.19. The summed E-state index contributed by atoms with van der Waals surface area (Å²) in [6, 6.07) is 7.83. The Morgan fingerprint density at radius 2 is 1.95 bits per heavy atom. The van der Waals surface area contributed by atoms with Gasteiger partial charge in [0.25, 0.3) is 0 Å². The van der Waals surface area contributed by atoms with E-state index < -0.39 is 0 Å². The van der Waals surface area contributed by atoms with Gasteiger partial charge in [-0.2, -0.15) is 0 Å². The second-order valence-electron chi connectivity index (χ2n) is 6.31. The predicted molar refractivity (Wildman–Crippen MR) is 98.7 cm³/mol. The number of hydrogen-bond donors (Lipinski definition) is 2. The summed E-state index contributed by atoms with van der Waals surface area (Å²) in [5.74, 6) is 0. The van der Waals surface area contributed by atoms with Gasteiger partial charge in [0.05, 0.1) is 0 Å². The van der Waals surface area contributed by atoms with Crippen molar-refractivity contribution in [3.63, 3.8) is 0 Å². The van der Waals surface area contributed by atoms with E-state index in [4.69, 9.17) is 0 Å². The molecular formula is C19H26N2S. The average molecular weight is 314 g/mol. The fourth-order valence-corrected chi connectivity index (χ4v) is 3.92. The van der Waals surface area contributed by atoms with E-state index in [0.29, 0.717) is 12.1 Å². The van der Waals surface area contributed by atoms with Crippen LogP contribution in [0.5, 0.6) is 0 Å². The highest BCUT2D eigenvalue weighted by Gasteiger charge is 2.20. The Kier molecular flexibility index (Phi) is 4.94. The molecule has 2 N–H and O–H groups in total. The summed E-state index contributed by atoms with van der Waals surface area (Å²) in [5.41, 5.74) is 5.36. The molecule has 1 saturated carbocycles. The molecule has 0 saturated heterocycles. The Balaban J connectivity index is 1.93. The smallest absolute Gasteiger partial charge is 0.0472 e. The lowest BCUT2D eigenvalue weighted by atomic mass is 10.0. The van der Waals surface area contributed by atoms with Gasteiger partial charge >= 0.3 is 0 Å². The fourth-order valence-electron chi connectivity index (χ4n) is 3.48. The number of benzene rings is 1. The van der Waals surface area contributed by atoms with Crippen LogP contribution in [0.3, 0.4) is 0 Å². The molecule has 0 aliphatic heterocycles. The molecule has 1 aromatic carbocycles. The third kappa shape index (κ3) is 3.26. The van der Waals surface area contributed by atoms with Crippen LogP contribution in [0.2, 0.25) is 0 Å². The third-order valence-electron chi connectivity index (χ3n) is 4.78. The van der Waals surface area contributed by atoms with Crippen molar-refractivity contribution in [2.75, 3.05) is 18.6 Å². The van der Waals surface area contributed by atoms with Gasteiger partial charge in [0.15, 0.2) is 0 Å². The summed E-state index contributed by atoms with van der Waals surface area (Å²) in [7, 11) is 2.03. The lowest BCUT2D eigenvalue weighted by Crippen LogP contribution is -2.21. The molecule has 3 rings (SSSR count). The maximum Gasteiger partial charge on any atom is 0.0472 e. The van der Waals surface area contributed by atoms with Crippen molar-refractivity contribution in [1.82, 2.24) is 5.32 Å². The maximum atomic E-state index is 3.79. The van der Waals surface area contributed by atoms with Gasteiger partial charge in [-0.25, -0.2) is 0 Å². The monoisotopic (exact) mass is 314 g/mol. The predicted octanol–water partition coefficient (Wildman–Crippen LogP) is 4.69. The number of rotatable bonds is 5. The summed E-state index contributed by atoms with van der Waals surface area (Å²) < 4.78 is 0. The highest BCUT2D eigenvalue weighted by Crippen LogP contribution is 2.35. The molecule has 0 heterocycles. The number of hydrogen-bond acceptors (Lipinski definition) is 3. The minimum Gasteiger partial charge on any atom is -0.382 e. The van der Waals surface area contributed by atoms with Crippen LogP contribution in [-0.4, -0.2) is 25.4 Å². The molecule has 3 heteroatoms. The van der Waals surface area contributed by atoms with Crippen LogP contribution in [-0.2, 0) is 0 Å². The van der Waals surface area contributed by atoms with E-state index >= 15 is 0 Å². The molecule has 0 spiro atoms. The van der Waals surface area contributed by atoms with Crippen LogP contribution in [0, 0.1) is 0 Å². The summed E-state index contributed by atoms with van der Waals surface area (Å²) in [4.78, 5) is 1.33. The molecule has 2 aliphatic carbocycles. The molecule has 22 heavy (non-hydrogen) atoms. The number of thioether (sulfide) groups is 1. The van der Waals surface area contributed by atoms with E-state index in [1.165, 1.54) is 53.0 Å². The molecule has 0 amide bonds. The first kappa shape index (κ1) is 15.7. The highest BCUT2D eigenvalue weighted by molar-refractivity contribution is 7.98. The molecule has 1 unspecified atom stereocenters. The average Bonchev–Trinajstić information content (AvgIpc) is 3.17. The molecule has 1 aromatic rings. The molecule has 0 radical (unpaired) electrons. The van der Waals surface area contributed by atoms with Crippen molar-refractivity contribution in [1.29, 1.82) is 0 Å². The van der Waals surface area contributed by atoms with Crippen molar-refractivity contribution in [2.24, 2.45) is 0 Å². The van der Waals surface area contributed by atoms with Crippen molar-refractivity contribution in [3.05, 3.63) is 41.5 Å². The normalized spacial score (nSPS) is 21.9. The largest absolute Gasteiger partial charge is 0.382 e. The van der Waals surface area contributed by atoms with E-state index in [0.717, 1.165) is 0 Å².